The van der Waals surface area contributed by atoms with Gasteiger partial charge >= 0.3 is 0 Å². The molecule has 3 N–H and O–H groups in total. The molecule has 8 nitrogen and oxygen atoms in total. The summed E-state index contributed by atoms with van der Waals surface area (Å²) in [7, 11) is 0. The van der Waals surface area contributed by atoms with Crippen LogP contribution in [0.4, 0.5) is 5.82 Å². The number of aliphatic imine (C=N–C) groups is 1. The Morgan fingerprint density at radius 1 is 1.15 bits per heavy atom. The fraction of sp³-hybridized carbons (Fsp3) is 0.556. The molecular weight excluding hydrogens is 455 g/mol. The van der Waals surface area contributed by atoms with Gasteiger partial charge in [0.25, 0.3) is 0 Å². The number of guanidine groups is 1. The van der Waals surface area contributed by atoms with Crippen molar-refractivity contribution in [3.63, 3.8) is 0 Å². The van der Waals surface area contributed by atoms with Gasteiger partial charge in [0.05, 0.1) is 0 Å². The summed E-state index contributed by atoms with van der Waals surface area (Å²) in [5.74, 6) is 2.79. The number of unbranched alkanes of at least 4 members (excludes halogenated alkanes) is 1. The standard InChI is InChI=1S/C18H30N8.HI/c1-3-17-25-24-15-26(17)14-13-23-18(19-4-2)22-12-8-7-11-21-16-9-5-6-10-20-16;/h5-6,9-10,15H,3-4,7-8,11-14H2,1-2H3,(H,20,21)(H2,19,22,23);1H. The van der Waals surface area contributed by atoms with Crippen molar-refractivity contribution in [3.8, 4) is 0 Å². The number of nitrogens with zero attached hydrogens (tertiary/aromatic N) is 5. The van der Waals surface area contributed by atoms with Crippen LogP contribution in [0.15, 0.2) is 35.7 Å². The Labute approximate surface area is 178 Å². The fourth-order valence-corrected chi connectivity index (χ4v) is 2.49. The van der Waals surface area contributed by atoms with Crippen LogP contribution < -0.4 is 16.0 Å². The minimum absolute atomic E-state index is 0. The summed E-state index contributed by atoms with van der Waals surface area (Å²) in [5, 5.41) is 18.0. The van der Waals surface area contributed by atoms with Crippen LogP contribution in [0.2, 0.25) is 0 Å². The van der Waals surface area contributed by atoms with E-state index in [9.17, 15) is 0 Å². The maximum absolute atomic E-state index is 4.63. The minimum Gasteiger partial charge on any atom is -0.370 e. The molecule has 0 aliphatic rings. The summed E-state index contributed by atoms with van der Waals surface area (Å²) >= 11 is 0. The molecule has 0 saturated carbocycles. The van der Waals surface area contributed by atoms with E-state index in [0.29, 0.717) is 0 Å². The van der Waals surface area contributed by atoms with Gasteiger partial charge in [0.2, 0.25) is 0 Å². The van der Waals surface area contributed by atoms with E-state index >= 15 is 0 Å². The molecule has 0 aliphatic carbocycles. The smallest absolute Gasteiger partial charge is 0.191 e. The third-order valence-corrected chi connectivity index (χ3v) is 3.83. The lowest BCUT2D eigenvalue weighted by molar-refractivity contribution is 0.632. The van der Waals surface area contributed by atoms with Crippen LogP contribution in [0, 0.1) is 0 Å². The van der Waals surface area contributed by atoms with Gasteiger partial charge < -0.3 is 20.5 Å². The second-order valence-corrected chi connectivity index (χ2v) is 5.83. The van der Waals surface area contributed by atoms with E-state index in [1.165, 1.54) is 0 Å². The quantitative estimate of drug-likeness (QED) is 0.196. The van der Waals surface area contributed by atoms with Crippen molar-refractivity contribution >= 4 is 35.8 Å². The van der Waals surface area contributed by atoms with Crippen LogP contribution in [-0.2, 0) is 13.0 Å². The first-order valence-electron chi connectivity index (χ1n) is 9.37. The van der Waals surface area contributed by atoms with Crippen molar-refractivity contribution in [2.75, 3.05) is 31.5 Å². The summed E-state index contributed by atoms with van der Waals surface area (Å²) < 4.78 is 2.07. The Hall–Kier alpha value is -1.91. The molecule has 0 bridgehead atoms. The lowest BCUT2D eigenvalue weighted by Gasteiger charge is -2.12. The van der Waals surface area contributed by atoms with Crippen LogP contribution >= 0.6 is 24.0 Å². The SMILES string of the molecule is CCNC(=NCCCCNc1ccccn1)NCCn1cnnc1CC.I. The summed E-state index contributed by atoms with van der Waals surface area (Å²) in [4.78, 5) is 8.88. The van der Waals surface area contributed by atoms with E-state index in [4.69, 9.17) is 0 Å². The molecule has 2 aromatic heterocycles. The minimum atomic E-state index is 0. The number of rotatable bonds is 11. The molecule has 0 radical (unpaired) electrons. The third kappa shape index (κ3) is 9.03. The highest BCUT2D eigenvalue weighted by Gasteiger charge is 2.02. The van der Waals surface area contributed by atoms with Crippen LogP contribution in [-0.4, -0.2) is 51.9 Å². The molecule has 27 heavy (non-hydrogen) atoms. The summed E-state index contributed by atoms with van der Waals surface area (Å²) in [6.07, 6.45) is 6.55. The van der Waals surface area contributed by atoms with Crippen LogP contribution in [0.1, 0.15) is 32.5 Å². The predicted octanol–water partition coefficient (Wildman–Crippen LogP) is 2.30. The van der Waals surface area contributed by atoms with Crippen molar-refractivity contribution in [3.05, 3.63) is 36.5 Å². The summed E-state index contributed by atoms with van der Waals surface area (Å²) in [5.41, 5.74) is 0. The number of anilines is 1. The van der Waals surface area contributed by atoms with Crippen molar-refractivity contribution in [1.82, 2.24) is 30.4 Å². The van der Waals surface area contributed by atoms with E-state index in [1.807, 2.05) is 18.2 Å². The highest BCUT2D eigenvalue weighted by Crippen LogP contribution is 2.00. The molecule has 0 amide bonds. The number of halogens is 1. The summed E-state index contributed by atoms with van der Waals surface area (Å²) in [6.45, 7) is 8.33. The molecule has 0 fully saturated rings. The highest BCUT2D eigenvalue weighted by atomic mass is 127. The van der Waals surface area contributed by atoms with Crippen molar-refractivity contribution in [1.29, 1.82) is 0 Å². The molecule has 0 aliphatic heterocycles. The van der Waals surface area contributed by atoms with Gasteiger partial charge in [0.1, 0.15) is 18.0 Å². The highest BCUT2D eigenvalue weighted by molar-refractivity contribution is 14.0. The molecular formula is C18H31IN8. The van der Waals surface area contributed by atoms with E-state index in [0.717, 1.165) is 69.6 Å². The average Bonchev–Trinajstić information content (AvgIpc) is 3.13. The third-order valence-electron chi connectivity index (χ3n) is 3.83. The molecule has 0 atom stereocenters. The molecule has 0 unspecified atom stereocenters. The normalized spacial score (nSPS) is 11.0. The van der Waals surface area contributed by atoms with Gasteiger partial charge in [-0.15, -0.1) is 34.2 Å². The number of hydrogen-bond acceptors (Lipinski definition) is 5. The van der Waals surface area contributed by atoms with Gasteiger partial charge in [-0.2, -0.15) is 0 Å². The van der Waals surface area contributed by atoms with Gasteiger partial charge in [0, 0.05) is 45.3 Å². The molecule has 2 rings (SSSR count). The van der Waals surface area contributed by atoms with E-state index in [1.54, 1.807) is 12.5 Å². The Morgan fingerprint density at radius 3 is 2.78 bits per heavy atom. The fourth-order valence-electron chi connectivity index (χ4n) is 2.49. The van der Waals surface area contributed by atoms with Gasteiger partial charge in [-0.25, -0.2) is 4.98 Å². The molecule has 0 aromatic carbocycles. The van der Waals surface area contributed by atoms with Crippen molar-refractivity contribution in [2.45, 2.75) is 39.7 Å². The number of nitrogens with one attached hydrogen (secondary N) is 3. The first-order chi connectivity index (χ1) is 12.8. The van der Waals surface area contributed by atoms with Gasteiger partial charge in [-0.1, -0.05) is 13.0 Å². The zero-order valence-electron chi connectivity index (χ0n) is 16.2. The van der Waals surface area contributed by atoms with E-state index in [2.05, 4.69) is 54.5 Å². The Morgan fingerprint density at radius 2 is 2.04 bits per heavy atom. The lowest BCUT2D eigenvalue weighted by atomic mass is 10.3. The van der Waals surface area contributed by atoms with Gasteiger partial charge in [-0.05, 0) is 31.9 Å². The van der Waals surface area contributed by atoms with E-state index in [-0.39, 0.29) is 24.0 Å². The molecule has 150 valence electrons. The number of hydrogen-bond donors (Lipinski definition) is 3. The molecule has 2 aromatic rings. The lowest BCUT2D eigenvalue weighted by Crippen LogP contribution is -2.39. The second kappa shape index (κ2) is 14.2. The Balaban J connectivity index is 0.00000364. The molecule has 0 spiro atoms. The number of aromatic nitrogens is 4. The van der Waals surface area contributed by atoms with Crippen molar-refractivity contribution < 1.29 is 0 Å². The maximum atomic E-state index is 4.63. The predicted molar refractivity (Wildman–Crippen MR) is 121 cm³/mol. The van der Waals surface area contributed by atoms with E-state index < -0.39 is 0 Å². The zero-order valence-corrected chi connectivity index (χ0v) is 18.5. The molecule has 2 heterocycles. The van der Waals surface area contributed by atoms with Crippen molar-refractivity contribution in [2.24, 2.45) is 4.99 Å². The Kier molecular flexibility index (Phi) is 12.2. The first kappa shape index (κ1) is 23.1. The van der Waals surface area contributed by atoms with Crippen LogP contribution in [0.25, 0.3) is 0 Å². The average molecular weight is 486 g/mol. The number of aryl methyl sites for hydroxylation is 1. The molecule has 9 heteroatoms. The monoisotopic (exact) mass is 486 g/mol. The largest absolute Gasteiger partial charge is 0.370 e. The van der Waals surface area contributed by atoms with Crippen LogP contribution in [0.5, 0.6) is 0 Å². The van der Waals surface area contributed by atoms with Gasteiger partial charge in [0.15, 0.2) is 5.96 Å². The summed E-state index contributed by atoms with van der Waals surface area (Å²) in [6, 6.07) is 5.88. The number of pyridine rings is 1. The first-order valence-corrected chi connectivity index (χ1v) is 9.37. The van der Waals surface area contributed by atoms with Gasteiger partial charge in [-0.3, -0.25) is 4.99 Å². The second-order valence-electron chi connectivity index (χ2n) is 5.83. The maximum Gasteiger partial charge on any atom is 0.191 e. The Bertz CT molecular complexity index is 644. The van der Waals surface area contributed by atoms with Crippen LogP contribution in [0.3, 0.4) is 0 Å². The topological polar surface area (TPSA) is 92.1 Å². The molecule has 0 saturated heterocycles. The zero-order chi connectivity index (χ0) is 18.5.